The SMILES string of the molecule is CCCCCCCCCCCCC(=O)N1CCCCC1CNC(=O)OC(C)(C)C. The Morgan fingerprint density at radius 3 is 2.10 bits per heavy atom. The molecule has 1 atom stereocenters. The van der Waals surface area contributed by atoms with E-state index in [2.05, 4.69) is 12.2 Å². The first-order chi connectivity index (χ1) is 13.8. The zero-order chi connectivity index (χ0) is 21.5. The first-order valence-corrected chi connectivity index (χ1v) is 12.1. The summed E-state index contributed by atoms with van der Waals surface area (Å²) in [6, 6.07) is 0.104. The summed E-state index contributed by atoms with van der Waals surface area (Å²) < 4.78 is 5.31. The number of unbranched alkanes of at least 4 members (excludes halogenated alkanes) is 9. The second kappa shape index (κ2) is 14.7. The van der Waals surface area contributed by atoms with Gasteiger partial charge in [-0.15, -0.1) is 0 Å². The van der Waals surface area contributed by atoms with E-state index in [1.165, 1.54) is 51.4 Å². The molecule has 1 unspecified atom stereocenters. The highest BCUT2D eigenvalue weighted by molar-refractivity contribution is 5.76. The van der Waals surface area contributed by atoms with E-state index in [0.717, 1.165) is 38.6 Å². The van der Waals surface area contributed by atoms with Crippen LogP contribution in [0.4, 0.5) is 4.79 Å². The van der Waals surface area contributed by atoms with Crippen LogP contribution in [0.1, 0.15) is 118 Å². The van der Waals surface area contributed by atoms with Crippen LogP contribution in [-0.2, 0) is 9.53 Å². The molecule has 0 spiro atoms. The molecule has 1 heterocycles. The summed E-state index contributed by atoms with van der Waals surface area (Å²) in [6.45, 7) is 9.13. The third-order valence-corrected chi connectivity index (χ3v) is 5.57. The third kappa shape index (κ3) is 12.8. The maximum atomic E-state index is 12.7. The van der Waals surface area contributed by atoms with Crippen LogP contribution in [0.2, 0.25) is 0 Å². The third-order valence-electron chi connectivity index (χ3n) is 5.57. The van der Waals surface area contributed by atoms with E-state index in [1.807, 2.05) is 25.7 Å². The van der Waals surface area contributed by atoms with Gasteiger partial charge in [-0.25, -0.2) is 4.79 Å². The molecule has 1 fully saturated rings. The molecule has 2 amide bonds. The molecular weight excluding hydrogens is 364 g/mol. The smallest absolute Gasteiger partial charge is 0.407 e. The Morgan fingerprint density at radius 1 is 0.931 bits per heavy atom. The van der Waals surface area contributed by atoms with Gasteiger partial charge in [0.15, 0.2) is 0 Å². The van der Waals surface area contributed by atoms with Crippen molar-refractivity contribution in [3.63, 3.8) is 0 Å². The minimum atomic E-state index is -0.498. The molecule has 0 aromatic carbocycles. The van der Waals surface area contributed by atoms with Gasteiger partial charge in [0.2, 0.25) is 5.91 Å². The molecule has 0 aromatic rings. The second-order valence-electron chi connectivity index (χ2n) is 9.55. The molecule has 0 saturated carbocycles. The Kier molecular flexibility index (Phi) is 13.0. The Balaban J connectivity index is 2.19. The van der Waals surface area contributed by atoms with Gasteiger partial charge in [0, 0.05) is 25.6 Å². The molecule has 29 heavy (non-hydrogen) atoms. The molecule has 0 aromatic heterocycles. The van der Waals surface area contributed by atoms with Crippen molar-refractivity contribution in [2.75, 3.05) is 13.1 Å². The average molecular weight is 411 g/mol. The Bertz CT molecular complexity index is 460. The van der Waals surface area contributed by atoms with Gasteiger partial charge in [-0.2, -0.15) is 0 Å². The number of likely N-dealkylation sites (tertiary alicyclic amines) is 1. The largest absolute Gasteiger partial charge is 0.444 e. The van der Waals surface area contributed by atoms with E-state index in [0.29, 0.717) is 13.0 Å². The average Bonchev–Trinajstić information content (AvgIpc) is 2.66. The van der Waals surface area contributed by atoms with E-state index in [-0.39, 0.29) is 11.9 Å². The molecule has 1 rings (SSSR count). The number of nitrogens with zero attached hydrogens (tertiary/aromatic N) is 1. The summed E-state index contributed by atoms with van der Waals surface area (Å²) in [6.07, 6.45) is 16.2. The number of nitrogens with one attached hydrogen (secondary N) is 1. The van der Waals surface area contributed by atoms with E-state index < -0.39 is 11.7 Å². The summed E-state index contributed by atoms with van der Waals surface area (Å²) in [5, 5.41) is 2.85. The van der Waals surface area contributed by atoms with Crippen molar-refractivity contribution >= 4 is 12.0 Å². The lowest BCUT2D eigenvalue weighted by molar-refractivity contribution is -0.134. The summed E-state index contributed by atoms with van der Waals surface area (Å²) in [5.74, 6) is 0.250. The van der Waals surface area contributed by atoms with E-state index in [9.17, 15) is 9.59 Å². The van der Waals surface area contributed by atoms with Gasteiger partial charge in [-0.05, 0) is 46.5 Å². The molecule has 1 aliphatic rings. The van der Waals surface area contributed by atoms with Crippen LogP contribution >= 0.6 is 0 Å². The number of alkyl carbamates (subject to hydrolysis) is 1. The zero-order valence-electron chi connectivity index (χ0n) is 19.6. The molecule has 0 bridgehead atoms. The van der Waals surface area contributed by atoms with Crippen molar-refractivity contribution in [2.24, 2.45) is 0 Å². The number of ether oxygens (including phenoxy) is 1. The molecule has 0 radical (unpaired) electrons. The molecule has 1 N–H and O–H groups in total. The topological polar surface area (TPSA) is 58.6 Å². The Morgan fingerprint density at radius 2 is 1.52 bits per heavy atom. The predicted molar refractivity (Wildman–Crippen MR) is 120 cm³/mol. The predicted octanol–water partition coefficient (Wildman–Crippen LogP) is 6.20. The van der Waals surface area contributed by atoms with Crippen molar-refractivity contribution in [1.29, 1.82) is 0 Å². The van der Waals surface area contributed by atoms with Gasteiger partial charge >= 0.3 is 6.09 Å². The maximum absolute atomic E-state index is 12.7. The van der Waals surface area contributed by atoms with E-state index in [1.54, 1.807) is 0 Å². The first-order valence-electron chi connectivity index (χ1n) is 12.1. The minimum absolute atomic E-state index is 0.104. The van der Waals surface area contributed by atoms with E-state index in [4.69, 9.17) is 4.74 Å². The van der Waals surface area contributed by atoms with E-state index >= 15 is 0 Å². The van der Waals surface area contributed by atoms with Crippen LogP contribution in [0.3, 0.4) is 0 Å². The molecule has 1 saturated heterocycles. The number of carbonyl (C=O) groups is 2. The highest BCUT2D eigenvalue weighted by Gasteiger charge is 2.27. The van der Waals surface area contributed by atoms with Gasteiger partial charge in [-0.1, -0.05) is 64.7 Å². The number of piperidine rings is 1. The lowest BCUT2D eigenvalue weighted by Gasteiger charge is -2.36. The number of rotatable bonds is 13. The highest BCUT2D eigenvalue weighted by Crippen LogP contribution is 2.19. The standard InChI is InChI=1S/C24H46N2O3/c1-5-6-7-8-9-10-11-12-13-14-18-22(27)26-19-16-15-17-21(26)20-25-23(28)29-24(2,3)4/h21H,5-20H2,1-4H3,(H,25,28). The van der Waals surface area contributed by atoms with Crippen LogP contribution in [0.25, 0.3) is 0 Å². The van der Waals surface area contributed by atoms with Crippen molar-refractivity contribution < 1.29 is 14.3 Å². The van der Waals surface area contributed by atoms with Crippen LogP contribution in [-0.4, -0.2) is 41.6 Å². The Labute approximate surface area is 179 Å². The van der Waals surface area contributed by atoms with Crippen molar-refractivity contribution in [2.45, 2.75) is 129 Å². The highest BCUT2D eigenvalue weighted by atomic mass is 16.6. The number of hydrogen-bond donors (Lipinski definition) is 1. The normalized spacial score (nSPS) is 17.2. The molecular formula is C24H46N2O3. The van der Waals surface area contributed by atoms with Gasteiger partial charge in [0.25, 0.3) is 0 Å². The second-order valence-corrected chi connectivity index (χ2v) is 9.55. The van der Waals surface area contributed by atoms with Crippen LogP contribution < -0.4 is 5.32 Å². The summed E-state index contributed by atoms with van der Waals surface area (Å²) in [5.41, 5.74) is -0.498. The quantitative estimate of drug-likeness (QED) is 0.368. The monoisotopic (exact) mass is 410 g/mol. The summed E-state index contributed by atoms with van der Waals surface area (Å²) >= 11 is 0. The summed E-state index contributed by atoms with van der Waals surface area (Å²) in [7, 11) is 0. The zero-order valence-corrected chi connectivity index (χ0v) is 19.6. The lowest BCUT2D eigenvalue weighted by atomic mass is 10.0. The molecule has 5 nitrogen and oxygen atoms in total. The van der Waals surface area contributed by atoms with Crippen molar-refractivity contribution in [3.8, 4) is 0 Å². The molecule has 0 aliphatic carbocycles. The fraction of sp³-hybridized carbons (Fsp3) is 0.917. The van der Waals surface area contributed by atoms with Crippen LogP contribution in [0.15, 0.2) is 0 Å². The van der Waals surface area contributed by atoms with Crippen LogP contribution in [0, 0.1) is 0 Å². The molecule has 5 heteroatoms. The Hall–Kier alpha value is -1.26. The fourth-order valence-electron chi connectivity index (χ4n) is 3.96. The van der Waals surface area contributed by atoms with Crippen molar-refractivity contribution in [1.82, 2.24) is 10.2 Å². The molecule has 170 valence electrons. The van der Waals surface area contributed by atoms with Gasteiger partial charge in [-0.3, -0.25) is 4.79 Å². The van der Waals surface area contributed by atoms with Gasteiger partial charge in [0.1, 0.15) is 5.60 Å². The number of carbonyl (C=O) groups excluding carboxylic acids is 2. The number of amides is 2. The number of hydrogen-bond acceptors (Lipinski definition) is 3. The van der Waals surface area contributed by atoms with Crippen LogP contribution in [0.5, 0.6) is 0 Å². The summed E-state index contributed by atoms with van der Waals surface area (Å²) in [4.78, 5) is 26.6. The lowest BCUT2D eigenvalue weighted by Crippen LogP contribution is -2.49. The van der Waals surface area contributed by atoms with Gasteiger partial charge < -0.3 is 15.0 Å². The maximum Gasteiger partial charge on any atom is 0.407 e. The van der Waals surface area contributed by atoms with Gasteiger partial charge in [0.05, 0.1) is 0 Å². The first kappa shape index (κ1) is 25.8. The van der Waals surface area contributed by atoms with Crippen molar-refractivity contribution in [3.05, 3.63) is 0 Å². The minimum Gasteiger partial charge on any atom is -0.444 e. The fourth-order valence-corrected chi connectivity index (χ4v) is 3.96. The molecule has 1 aliphatic heterocycles.